The summed E-state index contributed by atoms with van der Waals surface area (Å²) in [4.78, 5) is 15.8. The third-order valence-corrected chi connectivity index (χ3v) is 3.49. The second kappa shape index (κ2) is 5.31. The van der Waals surface area contributed by atoms with Crippen LogP contribution in [0.3, 0.4) is 0 Å². The number of carbonyl (C=O) groups excluding carboxylic acids is 1. The molecule has 0 spiro atoms. The minimum absolute atomic E-state index is 0.0375. The Hall–Kier alpha value is -1.36. The zero-order chi connectivity index (χ0) is 12.3. The second-order valence-corrected chi connectivity index (χ2v) is 4.64. The van der Waals surface area contributed by atoms with Crippen molar-refractivity contribution >= 4 is 5.91 Å². The van der Waals surface area contributed by atoms with E-state index in [4.69, 9.17) is 5.73 Å². The van der Waals surface area contributed by atoms with Crippen molar-refractivity contribution in [1.82, 2.24) is 14.9 Å². The van der Waals surface area contributed by atoms with Crippen LogP contribution in [0, 0.1) is 0 Å². The maximum atomic E-state index is 11.8. The average Bonchev–Trinajstić information content (AvgIpc) is 2.97. The normalized spacial score (nSPS) is 25.8. The Morgan fingerprint density at radius 2 is 2.47 bits per heavy atom. The van der Waals surface area contributed by atoms with Gasteiger partial charge in [0.05, 0.1) is 18.4 Å². The van der Waals surface area contributed by atoms with Crippen LogP contribution in [0.25, 0.3) is 0 Å². The Labute approximate surface area is 101 Å². The summed E-state index contributed by atoms with van der Waals surface area (Å²) < 4.78 is 2.08. The van der Waals surface area contributed by atoms with Gasteiger partial charge >= 0.3 is 0 Å². The lowest BCUT2D eigenvalue weighted by Crippen LogP contribution is -2.46. The minimum atomic E-state index is -0.390. The Morgan fingerprint density at radius 1 is 1.65 bits per heavy atom. The zero-order valence-electron chi connectivity index (χ0n) is 10.2. The maximum absolute atomic E-state index is 11.8. The molecule has 0 aromatic carbocycles. The molecule has 2 rings (SSSR count). The summed E-state index contributed by atoms with van der Waals surface area (Å²) in [5.74, 6) is -0.0375. The van der Waals surface area contributed by atoms with Crippen LogP contribution in [0.4, 0.5) is 0 Å². The summed E-state index contributed by atoms with van der Waals surface area (Å²) in [7, 11) is 0. The first-order valence-corrected chi connectivity index (χ1v) is 6.25. The molecular weight excluding hydrogens is 216 g/mol. The highest BCUT2D eigenvalue weighted by atomic mass is 16.2. The first kappa shape index (κ1) is 12.1. The van der Waals surface area contributed by atoms with Gasteiger partial charge < -0.3 is 15.6 Å². The number of aromatic nitrogens is 2. The van der Waals surface area contributed by atoms with E-state index in [2.05, 4.69) is 14.9 Å². The van der Waals surface area contributed by atoms with E-state index in [0.29, 0.717) is 12.5 Å². The van der Waals surface area contributed by atoms with Crippen LogP contribution in [-0.2, 0) is 4.79 Å². The van der Waals surface area contributed by atoms with Gasteiger partial charge in [0.15, 0.2) is 0 Å². The molecule has 3 N–H and O–H groups in total. The van der Waals surface area contributed by atoms with Gasteiger partial charge in [-0.25, -0.2) is 4.98 Å². The van der Waals surface area contributed by atoms with Crippen LogP contribution in [0.2, 0.25) is 0 Å². The molecule has 1 heterocycles. The summed E-state index contributed by atoms with van der Waals surface area (Å²) in [6.07, 6.45) is 9.45. The molecule has 0 bridgehead atoms. The van der Waals surface area contributed by atoms with Gasteiger partial charge in [0.1, 0.15) is 0 Å². The second-order valence-electron chi connectivity index (χ2n) is 4.64. The summed E-state index contributed by atoms with van der Waals surface area (Å²) >= 11 is 0. The van der Waals surface area contributed by atoms with Crippen LogP contribution in [0.1, 0.15) is 38.6 Å². The predicted octanol–water partition coefficient (Wildman–Crippen LogP) is 0.830. The van der Waals surface area contributed by atoms with E-state index in [9.17, 15) is 4.79 Å². The number of nitrogens with zero attached hydrogens (tertiary/aromatic N) is 2. The van der Waals surface area contributed by atoms with Gasteiger partial charge in [0, 0.05) is 18.4 Å². The van der Waals surface area contributed by atoms with Crippen molar-refractivity contribution in [2.24, 2.45) is 5.73 Å². The third-order valence-electron chi connectivity index (χ3n) is 3.49. The van der Waals surface area contributed by atoms with Crippen molar-refractivity contribution in [3.8, 4) is 0 Å². The number of carbonyl (C=O) groups is 1. The van der Waals surface area contributed by atoms with Crippen LogP contribution in [0.15, 0.2) is 18.7 Å². The molecule has 1 aliphatic rings. The van der Waals surface area contributed by atoms with Gasteiger partial charge in [0.25, 0.3) is 0 Å². The molecule has 1 aromatic heterocycles. The van der Waals surface area contributed by atoms with E-state index in [-0.39, 0.29) is 18.0 Å². The van der Waals surface area contributed by atoms with Gasteiger partial charge in [-0.2, -0.15) is 0 Å². The molecule has 0 saturated heterocycles. The predicted molar refractivity (Wildman–Crippen MR) is 65.3 cm³/mol. The van der Waals surface area contributed by atoms with Crippen molar-refractivity contribution in [2.75, 3.05) is 0 Å². The molecule has 0 radical (unpaired) electrons. The molecular formula is C12H20N4O. The number of nitrogens with one attached hydrogen (secondary N) is 1. The van der Waals surface area contributed by atoms with E-state index in [1.54, 1.807) is 6.20 Å². The fourth-order valence-electron chi connectivity index (χ4n) is 2.41. The SMILES string of the molecule is CCC(N)C(=O)NC1CCCC1n1ccnc1. The Bertz CT molecular complexity index is 363. The van der Waals surface area contributed by atoms with Crippen molar-refractivity contribution in [3.63, 3.8) is 0 Å². The number of amides is 1. The molecule has 1 aliphatic carbocycles. The highest BCUT2D eigenvalue weighted by Crippen LogP contribution is 2.29. The van der Waals surface area contributed by atoms with E-state index in [1.165, 1.54) is 0 Å². The first-order chi connectivity index (χ1) is 8.22. The lowest BCUT2D eigenvalue weighted by atomic mass is 10.1. The van der Waals surface area contributed by atoms with Crippen molar-refractivity contribution in [1.29, 1.82) is 0 Å². The van der Waals surface area contributed by atoms with Crippen molar-refractivity contribution in [3.05, 3.63) is 18.7 Å². The molecule has 0 aliphatic heterocycles. The molecule has 1 amide bonds. The van der Waals surface area contributed by atoms with Crippen LogP contribution < -0.4 is 11.1 Å². The topological polar surface area (TPSA) is 72.9 Å². The molecule has 5 heteroatoms. The largest absolute Gasteiger partial charge is 0.350 e. The van der Waals surface area contributed by atoms with Gasteiger partial charge in [-0.15, -0.1) is 0 Å². The monoisotopic (exact) mass is 236 g/mol. The standard InChI is InChI=1S/C12H20N4O/c1-2-9(13)12(17)15-10-4-3-5-11(10)16-7-6-14-8-16/h6-11H,2-5,13H2,1H3,(H,15,17). The van der Waals surface area contributed by atoms with E-state index >= 15 is 0 Å². The van der Waals surface area contributed by atoms with Gasteiger partial charge in [-0.1, -0.05) is 6.92 Å². The lowest BCUT2D eigenvalue weighted by Gasteiger charge is -2.23. The minimum Gasteiger partial charge on any atom is -0.350 e. The summed E-state index contributed by atoms with van der Waals surface area (Å²) in [6.45, 7) is 1.92. The molecule has 17 heavy (non-hydrogen) atoms. The summed E-state index contributed by atoms with van der Waals surface area (Å²) in [6, 6.07) is 0.124. The van der Waals surface area contributed by atoms with Gasteiger partial charge in [-0.3, -0.25) is 4.79 Å². The quantitative estimate of drug-likeness (QED) is 0.813. The lowest BCUT2D eigenvalue weighted by molar-refractivity contribution is -0.123. The first-order valence-electron chi connectivity index (χ1n) is 6.25. The highest BCUT2D eigenvalue weighted by Gasteiger charge is 2.30. The fourth-order valence-corrected chi connectivity index (χ4v) is 2.41. The molecule has 3 unspecified atom stereocenters. The number of hydrogen-bond acceptors (Lipinski definition) is 3. The van der Waals surface area contributed by atoms with Crippen LogP contribution >= 0.6 is 0 Å². The average molecular weight is 236 g/mol. The van der Waals surface area contributed by atoms with E-state index in [1.807, 2.05) is 19.4 Å². The Balaban J connectivity index is 1.98. The molecule has 1 aromatic rings. The fraction of sp³-hybridized carbons (Fsp3) is 0.667. The molecule has 1 fully saturated rings. The zero-order valence-corrected chi connectivity index (χ0v) is 10.2. The molecule has 1 saturated carbocycles. The molecule has 94 valence electrons. The van der Waals surface area contributed by atoms with Crippen LogP contribution in [0.5, 0.6) is 0 Å². The Morgan fingerprint density at radius 3 is 3.12 bits per heavy atom. The third kappa shape index (κ3) is 2.66. The van der Waals surface area contributed by atoms with Gasteiger partial charge in [-0.05, 0) is 25.7 Å². The smallest absolute Gasteiger partial charge is 0.237 e. The number of imidazole rings is 1. The number of hydrogen-bond donors (Lipinski definition) is 2. The molecule has 5 nitrogen and oxygen atoms in total. The van der Waals surface area contributed by atoms with E-state index in [0.717, 1.165) is 19.3 Å². The van der Waals surface area contributed by atoms with Crippen molar-refractivity contribution in [2.45, 2.75) is 50.7 Å². The highest BCUT2D eigenvalue weighted by molar-refractivity contribution is 5.81. The summed E-state index contributed by atoms with van der Waals surface area (Å²) in [5, 5.41) is 3.06. The number of rotatable bonds is 4. The number of nitrogens with two attached hydrogens (primary N) is 1. The Kier molecular flexibility index (Phi) is 3.78. The molecule has 3 atom stereocenters. The van der Waals surface area contributed by atoms with Crippen molar-refractivity contribution < 1.29 is 4.79 Å². The van der Waals surface area contributed by atoms with Gasteiger partial charge in [0.2, 0.25) is 5.91 Å². The van der Waals surface area contributed by atoms with E-state index < -0.39 is 0 Å². The maximum Gasteiger partial charge on any atom is 0.237 e. The van der Waals surface area contributed by atoms with Crippen LogP contribution in [-0.4, -0.2) is 27.5 Å². The summed E-state index contributed by atoms with van der Waals surface area (Å²) in [5.41, 5.74) is 5.73.